The summed E-state index contributed by atoms with van der Waals surface area (Å²) in [4.78, 5) is 22.9. The summed E-state index contributed by atoms with van der Waals surface area (Å²) in [5.74, 6) is 0.404. The normalized spacial score (nSPS) is 23.9. The van der Waals surface area contributed by atoms with Crippen LogP contribution in [0.5, 0.6) is 0 Å². The van der Waals surface area contributed by atoms with Crippen molar-refractivity contribution >= 4 is 44.2 Å². The Kier molecular flexibility index (Phi) is 4.80. The van der Waals surface area contributed by atoms with Crippen molar-refractivity contribution < 1.29 is 4.79 Å². The number of anilines is 2. The van der Waals surface area contributed by atoms with Gasteiger partial charge in [0.25, 0.3) is 0 Å². The van der Waals surface area contributed by atoms with E-state index in [4.69, 9.17) is 5.73 Å². The average molecular weight is 454 g/mol. The maximum atomic E-state index is 12.9. The minimum atomic E-state index is 0.0225. The Morgan fingerprint density at radius 2 is 2.14 bits per heavy atom. The third kappa shape index (κ3) is 3.53. The number of aromatic amines is 1. The van der Waals surface area contributed by atoms with Gasteiger partial charge in [-0.05, 0) is 46.7 Å². The van der Waals surface area contributed by atoms with Crippen LogP contribution < -0.4 is 16.0 Å². The number of pyridine rings is 1. The average Bonchev–Trinajstić information content (AvgIpc) is 3.44. The molecule has 0 unspecified atom stereocenters. The molecule has 1 saturated heterocycles. The summed E-state index contributed by atoms with van der Waals surface area (Å²) in [5, 5.41) is 4.10. The highest BCUT2D eigenvalue weighted by atomic mass is 79.9. The molecule has 2 fully saturated rings. The third-order valence-corrected chi connectivity index (χ3v) is 6.60. The minimum Gasteiger partial charge on any atom is -0.368 e. The number of nitrogens with one attached hydrogen (secondary N) is 2. The van der Waals surface area contributed by atoms with Crippen LogP contribution in [0.25, 0.3) is 11.0 Å². The molecule has 150 valence electrons. The zero-order valence-corrected chi connectivity index (χ0v) is 17.7. The third-order valence-electron chi connectivity index (χ3n) is 6.02. The molecule has 3 aromatic rings. The molecular formula is C22H24BrN5O. The predicted octanol–water partition coefficient (Wildman–Crippen LogP) is 4.00. The standard InChI is InChI=1S/C22H24BrN5O/c23-17-10-25-21-19(20(17)28-8-4-7-14(24)12-28)18(11-26-21)27-22(29)16-9-15(16)13-5-2-1-3-6-13/h1-3,5-6,10-11,14-16H,4,7-9,12,24H2,(H,25,26)(H,27,29)/t14-,15-,16+/m1/s1. The first-order chi connectivity index (χ1) is 14.1. The van der Waals surface area contributed by atoms with Crippen LogP contribution in [0.2, 0.25) is 0 Å². The van der Waals surface area contributed by atoms with Gasteiger partial charge in [-0.15, -0.1) is 0 Å². The first-order valence-electron chi connectivity index (χ1n) is 10.1. The van der Waals surface area contributed by atoms with Crippen LogP contribution in [0, 0.1) is 5.92 Å². The van der Waals surface area contributed by atoms with E-state index >= 15 is 0 Å². The molecule has 1 amide bonds. The van der Waals surface area contributed by atoms with Gasteiger partial charge in [0.15, 0.2) is 0 Å². The highest BCUT2D eigenvalue weighted by Gasteiger charge is 2.44. The maximum absolute atomic E-state index is 12.9. The molecule has 1 aromatic carbocycles. The second-order valence-corrected chi connectivity index (χ2v) is 8.93. The highest BCUT2D eigenvalue weighted by molar-refractivity contribution is 9.10. The molecule has 2 aliphatic rings. The van der Waals surface area contributed by atoms with Crippen molar-refractivity contribution in [2.45, 2.75) is 31.2 Å². The number of carbonyl (C=O) groups is 1. The van der Waals surface area contributed by atoms with Crippen LogP contribution in [0.15, 0.2) is 47.2 Å². The lowest BCUT2D eigenvalue weighted by molar-refractivity contribution is -0.117. The Labute approximate surface area is 178 Å². The summed E-state index contributed by atoms with van der Waals surface area (Å²) in [6.07, 6.45) is 6.65. The largest absolute Gasteiger partial charge is 0.368 e. The fourth-order valence-electron chi connectivity index (χ4n) is 4.46. The number of aromatic nitrogens is 2. The van der Waals surface area contributed by atoms with Gasteiger partial charge in [0.05, 0.1) is 21.2 Å². The molecule has 0 spiro atoms. The van der Waals surface area contributed by atoms with Gasteiger partial charge in [-0.3, -0.25) is 4.79 Å². The number of nitrogens with zero attached hydrogens (tertiary/aromatic N) is 2. The van der Waals surface area contributed by atoms with Crippen LogP contribution in [0.4, 0.5) is 11.4 Å². The van der Waals surface area contributed by atoms with Gasteiger partial charge >= 0.3 is 0 Å². The number of nitrogens with two attached hydrogens (primary N) is 1. The molecule has 3 heterocycles. The molecule has 1 aliphatic heterocycles. The molecule has 29 heavy (non-hydrogen) atoms. The summed E-state index contributed by atoms with van der Waals surface area (Å²) < 4.78 is 0.919. The zero-order chi connectivity index (χ0) is 20.0. The predicted molar refractivity (Wildman–Crippen MR) is 119 cm³/mol. The summed E-state index contributed by atoms with van der Waals surface area (Å²) >= 11 is 3.67. The second-order valence-electron chi connectivity index (χ2n) is 8.08. The minimum absolute atomic E-state index is 0.0225. The molecule has 0 bridgehead atoms. The van der Waals surface area contributed by atoms with Crippen molar-refractivity contribution in [2.75, 3.05) is 23.3 Å². The zero-order valence-electron chi connectivity index (χ0n) is 16.1. The summed E-state index contributed by atoms with van der Waals surface area (Å²) in [5.41, 5.74) is 10.1. The van der Waals surface area contributed by atoms with Crippen LogP contribution in [0.3, 0.4) is 0 Å². The lowest BCUT2D eigenvalue weighted by Crippen LogP contribution is -2.43. The van der Waals surface area contributed by atoms with E-state index in [0.29, 0.717) is 5.92 Å². The lowest BCUT2D eigenvalue weighted by Gasteiger charge is -2.33. The van der Waals surface area contributed by atoms with E-state index in [2.05, 4.69) is 48.2 Å². The maximum Gasteiger partial charge on any atom is 0.228 e. The van der Waals surface area contributed by atoms with Crippen LogP contribution >= 0.6 is 15.9 Å². The number of H-pyrrole nitrogens is 1. The van der Waals surface area contributed by atoms with Crippen molar-refractivity contribution in [3.8, 4) is 0 Å². The molecule has 4 N–H and O–H groups in total. The first-order valence-corrected chi connectivity index (χ1v) is 10.9. The number of halogens is 1. The molecule has 1 aliphatic carbocycles. The number of benzene rings is 1. The van der Waals surface area contributed by atoms with Crippen molar-refractivity contribution in [1.82, 2.24) is 9.97 Å². The Morgan fingerprint density at radius 3 is 2.93 bits per heavy atom. The quantitative estimate of drug-likeness (QED) is 0.557. The molecule has 5 rings (SSSR count). The van der Waals surface area contributed by atoms with E-state index in [1.165, 1.54) is 5.56 Å². The van der Waals surface area contributed by atoms with Gasteiger partial charge < -0.3 is 20.9 Å². The van der Waals surface area contributed by atoms with Crippen molar-refractivity contribution in [3.63, 3.8) is 0 Å². The SMILES string of the molecule is N[C@@H]1CCCN(c2c(Br)cnc3[nH]cc(NC(=O)[C@H]4C[C@@H]4c4ccccc4)c23)C1. The number of hydrogen-bond acceptors (Lipinski definition) is 4. The van der Waals surface area contributed by atoms with Gasteiger partial charge in [-0.2, -0.15) is 0 Å². The van der Waals surface area contributed by atoms with Crippen LogP contribution in [-0.4, -0.2) is 35.0 Å². The number of carbonyl (C=O) groups excluding carboxylic acids is 1. The van der Waals surface area contributed by atoms with E-state index in [9.17, 15) is 4.79 Å². The number of hydrogen-bond donors (Lipinski definition) is 3. The summed E-state index contributed by atoms with van der Waals surface area (Å²) in [6.45, 7) is 1.75. The number of rotatable bonds is 4. The molecule has 3 atom stereocenters. The second kappa shape index (κ2) is 7.46. The molecule has 2 aromatic heterocycles. The summed E-state index contributed by atoms with van der Waals surface area (Å²) in [6, 6.07) is 10.4. The van der Waals surface area contributed by atoms with Gasteiger partial charge in [-0.25, -0.2) is 4.98 Å². The van der Waals surface area contributed by atoms with Crippen molar-refractivity contribution in [1.29, 1.82) is 0 Å². The Bertz CT molecular complexity index is 1050. The van der Waals surface area contributed by atoms with E-state index in [1.54, 1.807) is 0 Å². The summed E-state index contributed by atoms with van der Waals surface area (Å²) in [7, 11) is 0. The Hall–Kier alpha value is -2.38. The van der Waals surface area contributed by atoms with Gasteiger partial charge in [0, 0.05) is 37.4 Å². The van der Waals surface area contributed by atoms with E-state index < -0.39 is 0 Å². The van der Waals surface area contributed by atoms with Gasteiger partial charge in [0.1, 0.15) is 5.65 Å². The van der Waals surface area contributed by atoms with Crippen molar-refractivity contribution in [3.05, 3.63) is 52.8 Å². The fraction of sp³-hybridized carbons (Fsp3) is 0.364. The molecule has 1 saturated carbocycles. The lowest BCUT2D eigenvalue weighted by atomic mass is 10.1. The Morgan fingerprint density at radius 1 is 1.31 bits per heavy atom. The number of fused-ring (bicyclic) bond motifs is 1. The highest BCUT2D eigenvalue weighted by Crippen LogP contribution is 2.48. The van der Waals surface area contributed by atoms with E-state index in [-0.39, 0.29) is 17.9 Å². The molecule has 7 heteroatoms. The molecule has 6 nitrogen and oxygen atoms in total. The first kappa shape index (κ1) is 18.6. The topological polar surface area (TPSA) is 87.0 Å². The van der Waals surface area contributed by atoms with Gasteiger partial charge in [-0.1, -0.05) is 30.3 Å². The number of amides is 1. The molecular weight excluding hydrogens is 430 g/mol. The van der Waals surface area contributed by atoms with E-state index in [0.717, 1.165) is 59.2 Å². The van der Waals surface area contributed by atoms with E-state index in [1.807, 2.05) is 30.6 Å². The molecule has 0 radical (unpaired) electrons. The monoisotopic (exact) mass is 453 g/mol. The van der Waals surface area contributed by atoms with Crippen molar-refractivity contribution in [2.24, 2.45) is 11.7 Å². The smallest absolute Gasteiger partial charge is 0.228 e. The van der Waals surface area contributed by atoms with Crippen LogP contribution in [-0.2, 0) is 4.79 Å². The Balaban J connectivity index is 1.42. The van der Waals surface area contributed by atoms with Crippen LogP contribution in [0.1, 0.15) is 30.7 Å². The number of piperidine rings is 1. The van der Waals surface area contributed by atoms with Gasteiger partial charge in [0.2, 0.25) is 5.91 Å². The fourth-order valence-corrected chi connectivity index (χ4v) is 5.01.